The van der Waals surface area contributed by atoms with E-state index in [4.69, 9.17) is 20.8 Å². The molecule has 2 aromatic carbocycles. The van der Waals surface area contributed by atoms with Crippen LogP contribution in [0.4, 0.5) is 5.69 Å². The van der Waals surface area contributed by atoms with Crippen molar-refractivity contribution >= 4 is 34.2 Å². The maximum absolute atomic E-state index is 12.4. The predicted octanol–water partition coefficient (Wildman–Crippen LogP) is 4.20. The molecule has 8 heteroatoms. The zero-order valence-corrected chi connectivity index (χ0v) is 15.3. The molecule has 0 unspecified atom stereocenters. The van der Waals surface area contributed by atoms with Crippen molar-refractivity contribution in [3.05, 3.63) is 84.2 Å². The molecule has 1 aliphatic rings. The Hall–Kier alpha value is -3.19. The number of non-ortho nitro benzene ring substituents is 1. The maximum Gasteiger partial charge on any atom is 0.340 e. The number of aryl methyl sites for hydroxylation is 2. The molecule has 0 N–H and O–H groups in total. The second-order valence-electron chi connectivity index (χ2n) is 6.56. The first-order chi connectivity index (χ1) is 13.4. The highest BCUT2D eigenvalue weighted by Crippen LogP contribution is 2.29. The summed E-state index contributed by atoms with van der Waals surface area (Å²) in [5, 5.41) is 11.7. The van der Waals surface area contributed by atoms with E-state index in [9.17, 15) is 19.7 Å². The van der Waals surface area contributed by atoms with Crippen LogP contribution in [-0.4, -0.2) is 10.9 Å². The van der Waals surface area contributed by atoms with E-state index in [1.807, 2.05) is 12.1 Å². The smallest absolute Gasteiger partial charge is 0.340 e. The number of esters is 1. The lowest BCUT2D eigenvalue weighted by molar-refractivity contribution is -0.384. The summed E-state index contributed by atoms with van der Waals surface area (Å²) in [5.41, 5.74) is 2.40. The third kappa shape index (κ3) is 3.36. The fourth-order valence-electron chi connectivity index (χ4n) is 3.42. The van der Waals surface area contributed by atoms with Crippen LogP contribution in [0.25, 0.3) is 11.0 Å². The zero-order valence-electron chi connectivity index (χ0n) is 14.6. The van der Waals surface area contributed by atoms with Gasteiger partial charge in [-0.25, -0.2) is 9.59 Å². The Morgan fingerprint density at radius 1 is 1.18 bits per heavy atom. The third-order valence-corrected chi connectivity index (χ3v) is 5.11. The van der Waals surface area contributed by atoms with Crippen molar-refractivity contribution in [2.45, 2.75) is 25.9 Å². The van der Waals surface area contributed by atoms with Crippen LogP contribution < -0.4 is 5.63 Å². The highest BCUT2D eigenvalue weighted by Gasteiger charge is 2.19. The summed E-state index contributed by atoms with van der Waals surface area (Å²) in [7, 11) is 0. The molecular formula is C20H14ClNO6. The molecule has 0 atom stereocenters. The monoisotopic (exact) mass is 399 g/mol. The molecule has 0 aliphatic heterocycles. The number of carbonyl (C=O) groups is 1. The van der Waals surface area contributed by atoms with Gasteiger partial charge in [0.2, 0.25) is 0 Å². The van der Waals surface area contributed by atoms with Gasteiger partial charge in [0.15, 0.2) is 0 Å². The average molecular weight is 400 g/mol. The van der Waals surface area contributed by atoms with E-state index in [1.54, 1.807) is 0 Å². The lowest BCUT2D eigenvalue weighted by Crippen LogP contribution is -2.09. The van der Waals surface area contributed by atoms with Gasteiger partial charge < -0.3 is 9.15 Å². The molecule has 3 aromatic rings. The molecule has 0 radical (unpaired) electrons. The highest BCUT2D eigenvalue weighted by molar-refractivity contribution is 6.33. The largest absolute Gasteiger partial charge is 0.457 e. The summed E-state index contributed by atoms with van der Waals surface area (Å²) in [6.45, 7) is -0.182. The van der Waals surface area contributed by atoms with Crippen molar-refractivity contribution in [3.8, 4) is 0 Å². The van der Waals surface area contributed by atoms with Gasteiger partial charge in [-0.1, -0.05) is 11.6 Å². The van der Waals surface area contributed by atoms with Crippen molar-refractivity contribution in [1.82, 2.24) is 0 Å². The highest BCUT2D eigenvalue weighted by atomic mass is 35.5. The number of hydrogen-bond donors (Lipinski definition) is 0. The molecule has 0 bridgehead atoms. The molecule has 1 aromatic heterocycles. The van der Waals surface area contributed by atoms with Crippen molar-refractivity contribution in [3.63, 3.8) is 0 Å². The number of benzene rings is 2. The fourth-order valence-corrected chi connectivity index (χ4v) is 3.61. The van der Waals surface area contributed by atoms with Crippen molar-refractivity contribution < 1.29 is 18.9 Å². The minimum absolute atomic E-state index is 0.0471. The number of ether oxygens (including phenoxy) is 1. The van der Waals surface area contributed by atoms with Crippen LogP contribution in [0.15, 0.2) is 45.6 Å². The average Bonchev–Trinajstić information content (AvgIpc) is 3.11. The molecular weight excluding hydrogens is 386 g/mol. The van der Waals surface area contributed by atoms with Gasteiger partial charge >= 0.3 is 11.6 Å². The summed E-state index contributed by atoms with van der Waals surface area (Å²) < 4.78 is 10.6. The zero-order chi connectivity index (χ0) is 19.8. The Morgan fingerprint density at radius 3 is 2.68 bits per heavy atom. The number of carbonyl (C=O) groups excluding carboxylic acids is 1. The second kappa shape index (κ2) is 7.09. The molecule has 4 rings (SSSR count). The van der Waals surface area contributed by atoms with Gasteiger partial charge in [-0.15, -0.1) is 0 Å². The van der Waals surface area contributed by atoms with Crippen molar-refractivity contribution in [2.24, 2.45) is 0 Å². The summed E-state index contributed by atoms with van der Waals surface area (Å²) in [6.07, 6.45) is 2.94. The molecule has 0 saturated carbocycles. The van der Waals surface area contributed by atoms with E-state index >= 15 is 0 Å². The lowest BCUT2D eigenvalue weighted by atomic mass is 10.0. The van der Waals surface area contributed by atoms with Crippen molar-refractivity contribution in [1.29, 1.82) is 0 Å². The molecule has 142 valence electrons. The number of fused-ring (bicyclic) bond motifs is 2. The first-order valence-corrected chi connectivity index (χ1v) is 9.00. The molecule has 1 heterocycles. The molecule has 0 spiro atoms. The number of halogens is 1. The Bertz CT molecular complexity index is 1180. The molecule has 7 nitrogen and oxygen atoms in total. The Morgan fingerprint density at radius 2 is 1.93 bits per heavy atom. The van der Waals surface area contributed by atoms with Crippen molar-refractivity contribution in [2.75, 3.05) is 0 Å². The molecule has 0 amide bonds. The number of nitro groups is 1. The molecule has 0 saturated heterocycles. The number of rotatable bonds is 4. The van der Waals surface area contributed by atoms with Crippen LogP contribution in [0.3, 0.4) is 0 Å². The van der Waals surface area contributed by atoms with E-state index in [1.165, 1.54) is 23.8 Å². The first-order valence-electron chi connectivity index (χ1n) is 8.62. The van der Waals surface area contributed by atoms with Gasteiger partial charge in [0, 0.05) is 29.1 Å². The summed E-state index contributed by atoms with van der Waals surface area (Å²) in [4.78, 5) is 34.6. The Labute approximate surface area is 163 Å². The molecule has 0 fully saturated rings. The Balaban J connectivity index is 1.64. The summed E-state index contributed by atoms with van der Waals surface area (Å²) in [6, 6.07) is 8.65. The van der Waals surface area contributed by atoms with Gasteiger partial charge in [-0.3, -0.25) is 10.1 Å². The third-order valence-electron chi connectivity index (χ3n) is 4.78. The van der Waals surface area contributed by atoms with Gasteiger partial charge in [-0.2, -0.15) is 0 Å². The summed E-state index contributed by atoms with van der Waals surface area (Å²) in [5.74, 6) is -0.809. The van der Waals surface area contributed by atoms with E-state index in [2.05, 4.69) is 0 Å². The lowest BCUT2D eigenvalue weighted by Gasteiger charge is -2.09. The topological polar surface area (TPSA) is 99.7 Å². The van der Waals surface area contributed by atoms with Crippen LogP contribution in [0, 0.1) is 10.1 Å². The van der Waals surface area contributed by atoms with Gasteiger partial charge in [0.1, 0.15) is 12.2 Å². The van der Waals surface area contributed by atoms with E-state index in [-0.39, 0.29) is 22.9 Å². The Kier molecular flexibility index (Phi) is 4.60. The number of hydrogen-bond acceptors (Lipinski definition) is 6. The van der Waals surface area contributed by atoms with Crippen LogP contribution in [0.2, 0.25) is 5.02 Å². The standard InChI is InChI=1S/C20H14ClNO6/c21-17-5-4-14(22(25)26)9-16(17)20(24)27-10-13-8-19(23)28-18-7-12-3-1-2-11(12)6-15(13)18/h4-9H,1-3,10H2. The number of nitrogens with zero attached hydrogens (tertiary/aromatic N) is 1. The minimum atomic E-state index is -0.809. The normalized spacial score (nSPS) is 12.8. The first kappa shape index (κ1) is 18.2. The quantitative estimate of drug-likeness (QED) is 0.282. The maximum atomic E-state index is 12.4. The minimum Gasteiger partial charge on any atom is -0.457 e. The van der Waals surface area contributed by atoms with Crippen LogP contribution in [-0.2, 0) is 24.2 Å². The van der Waals surface area contributed by atoms with Gasteiger partial charge in [0.05, 0.1) is 15.5 Å². The van der Waals surface area contributed by atoms with Crippen LogP contribution in [0.5, 0.6) is 0 Å². The van der Waals surface area contributed by atoms with Crippen LogP contribution >= 0.6 is 11.6 Å². The summed E-state index contributed by atoms with van der Waals surface area (Å²) >= 11 is 5.97. The van der Waals surface area contributed by atoms with Gasteiger partial charge in [0.25, 0.3) is 5.69 Å². The number of nitro benzene ring substituents is 1. The van der Waals surface area contributed by atoms with Crippen LogP contribution in [0.1, 0.15) is 33.5 Å². The van der Waals surface area contributed by atoms with Gasteiger partial charge in [-0.05, 0) is 48.6 Å². The predicted molar refractivity (Wildman–Crippen MR) is 102 cm³/mol. The molecule has 28 heavy (non-hydrogen) atoms. The fraction of sp³-hybridized carbons (Fsp3) is 0.200. The second-order valence-corrected chi connectivity index (χ2v) is 6.97. The van der Waals surface area contributed by atoms with E-state index in [0.717, 1.165) is 30.9 Å². The molecule has 1 aliphatic carbocycles. The van der Waals surface area contributed by atoms with E-state index in [0.29, 0.717) is 16.5 Å². The SMILES string of the molecule is O=C(OCc1cc(=O)oc2cc3c(cc12)CCC3)c1cc([N+](=O)[O-])ccc1Cl. The van der Waals surface area contributed by atoms with E-state index < -0.39 is 16.5 Å².